The van der Waals surface area contributed by atoms with Gasteiger partial charge in [-0.05, 0) is 71.3 Å². The molecular weight excluding hydrogens is 369 g/mol. The second-order valence-corrected chi connectivity index (χ2v) is 8.99. The molecule has 2 aliphatic heterocycles. The van der Waals surface area contributed by atoms with Gasteiger partial charge in [-0.3, -0.25) is 9.69 Å². The molecule has 2 aliphatic rings. The SMILES string of the molecule is CC(C)N1CCC(N2CC(=O)N(C(C)C)C[C@@H](OCc3ccc(F)cc3)C2)CC1. The van der Waals surface area contributed by atoms with E-state index in [1.54, 1.807) is 12.1 Å². The number of benzene rings is 1. The zero-order valence-corrected chi connectivity index (χ0v) is 18.3. The molecule has 1 aromatic rings. The largest absolute Gasteiger partial charge is 0.370 e. The van der Waals surface area contributed by atoms with E-state index in [9.17, 15) is 9.18 Å². The molecule has 0 radical (unpaired) electrons. The lowest BCUT2D eigenvalue weighted by Crippen LogP contribution is -2.49. The molecule has 0 aromatic heterocycles. The molecule has 0 saturated carbocycles. The first-order chi connectivity index (χ1) is 13.8. The van der Waals surface area contributed by atoms with E-state index in [0.717, 1.165) is 38.0 Å². The third-order valence-corrected chi connectivity index (χ3v) is 6.27. The summed E-state index contributed by atoms with van der Waals surface area (Å²) in [6, 6.07) is 7.60. The number of likely N-dealkylation sites (tertiary alicyclic amines) is 1. The van der Waals surface area contributed by atoms with Gasteiger partial charge in [-0.2, -0.15) is 0 Å². The van der Waals surface area contributed by atoms with Crippen molar-refractivity contribution in [2.45, 2.75) is 71.4 Å². The van der Waals surface area contributed by atoms with E-state index in [2.05, 4.69) is 37.5 Å². The number of ether oxygens (including phenoxy) is 1. The number of amides is 1. The number of piperidine rings is 1. The van der Waals surface area contributed by atoms with Crippen molar-refractivity contribution in [2.75, 3.05) is 32.7 Å². The van der Waals surface area contributed by atoms with E-state index < -0.39 is 0 Å². The van der Waals surface area contributed by atoms with Crippen molar-refractivity contribution in [3.05, 3.63) is 35.6 Å². The molecule has 3 rings (SSSR count). The Morgan fingerprint density at radius 1 is 1.03 bits per heavy atom. The number of hydrogen-bond donors (Lipinski definition) is 0. The average Bonchev–Trinajstić information content (AvgIpc) is 2.86. The Hall–Kier alpha value is -1.50. The Bertz CT molecular complexity index is 657. The average molecular weight is 406 g/mol. The van der Waals surface area contributed by atoms with Crippen LogP contribution in [0.5, 0.6) is 0 Å². The van der Waals surface area contributed by atoms with E-state index in [0.29, 0.717) is 31.8 Å². The van der Waals surface area contributed by atoms with Gasteiger partial charge in [0.15, 0.2) is 0 Å². The van der Waals surface area contributed by atoms with Crippen molar-refractivity contribution in [1.82, 2.24) is 14.7 Å². The van der Waals surface area contributed by atoms with Gasteiger partial charge in [-0.15, -0.1) is 0 Å². The molecule has 162 valence electrons. The van der Waals surface area contributed by atoms with Crippen LogP contribution < -0.4 is 0 Å². The molecule has 1 aromatic carbocycles. The molecule has 6 heteroatoms. The lowest BCUT2D eigenvalue weighted by atomic mass is 10.0. The van der Waals surface area contributed by atoms with E-state index in [4.69, 9.17) is 4.74 Å². The number of nitrogens with zero attached hydrogens (tertiary/aromatic N) is 3. The third kappa shape index (κ3) is 6.00. The molecule has 2 heterocycles. The van der Waals surface area contributed by atoms with E-state index >= 15 is 0 Å². The van der Waals surface area contributed by atoms with Crippen LogP contribution in [0.1, 0.15) is 46.1 Å². The highest BCUT2D eigenvalue weighted by Crippen LogP contribution is 2.22. The molecule has 29 heavy (non-hydrogen) atoms. The van der Waals surface area contributed by atoms with Gasteiger partial charge in [0.25, 0.3) is 0 Å². The molecule has 0 unspecified atom stereocenters. The summed E-state index contributed by atoms with van der Waals surface area (Å²) in [6.07, 6.45) is 2.15. The van der Waals surface area contributed by atoms with E-state index in [-0.39, 0.29) is 23.9 Å². The highest BCUT2D eigenvalue weighted by Gasteiger charge is 2.34. The Kier molecular flexibility index (Phi) is 7.66. The maximum Gasteiger partial charge on any atom is 0.237 e. The Morgan fingerprint density at radius 2 is 1.69 bits per heavy atom. The zero-order valence-electron chi connectivity index (χ0n) is 18.3. The van der Waals surface area contributed by atoms with Crippen LogP contribution in [0, 0.1) is 5.82 Å². The van der Waals surface area contributed by atoms with Gasteiger partial charge >= 0.3 is 0 Å². The number of halogens is 1. The summed E-state index contributed by atoms with van der Waals surface area (Å²) in [6.45, 7) is 13.1. The minimum Gasteiger partial charge on any atom is -0.370 e. The normalized spacial score (nSPS) is 23.2. The summed E-state index contributed by atoms with van der Waals surface area (Å²) in [7, 11) is 0. The van der Waals surface area contributed by atoms with Crippen LogP contribution in [0.4, 0.5) is 4.39 Å². The van der Waals surface area contributed by atoms with Crippen LogP contribution in [0.25, 0.3) is 0 Å². The second kappa shape index (κ2) is 10.0. The number of carbonyl (C=O) groups is 1. The van der Waals surface area contributed by atoms with Crippen molar-refractivity contribution < 1.29 is 13.9 Å². The fourth-order valence-corrected chi connectivity index (χ4v) is 4.41. The fraction of sp³-hybridized carbons (Fsp3) is 0.696. The summed E-state index contributed by atoms with van der Waals surface area (Å²) in [5.74, 6) is -0.0436. The van der Waals surface area contributed by atoms with Crippen LogP contribution in [0.2, 0.25) is 0 Å². The number of hydrogen-bond acceptors (Lipinski definition) is 4. The highest BCUT2D eigenvalue weighted by molar-refractivity contribution is 5.79. The lowest BCUT2D eigenvalue weighted by Gasteiger charge is -2.39. The fourth-order valence-electron chi connectivity index (χ4n) is 4.41. The maximum atomic E-state index is 13.2. The van der Waals surface area contributed by atoms with Gasteiger partial charge in [0.1, 0.15) is 5.82 Å². The molecule has 2 fully saturated rings. The number of carbonyl (C=O) groups excluding carboxylic acids is 1. The van der Waals surface area contributed by atoms with Gasteiger partial charge in [0.2, 0.25) is 5.91 Å². The smallest absolute Gasteiger partial charge is 0.237 e. The van der Waals surface area contributed by atoms with Gasteiger partial charge in [0, 0.05) is 31.2 Å². The van der Waals surface area contributed by atoms with Crippen molar-refractivity contribution in [2.24, 2.45) is 0 Å². The minimum atomic E-state index is -0.237. The zero-order chi connectivity index (χ0) is 21.0. The second-order valence-electron chi connectivity index (χ2n) is 8.99. The Morgan fingerprint density at radius 3 is 2.28 bits per heavy atom. The lowest BCUT2D eigenvalue weighted by molar-refractivity contribution is -0.134. The van der Waals surface area contributed by atoms with Crippen molar-refractivity contribution in [3.63, 3.8) is 0 Å². The Balaban J connectivity index is 1.66. The summed E-state index contributed by atoms with van der Waals surface area (Å²) < 4.78 is 19.4. The highest BCUT2D eigenvalue weighted by atomic mass is 19.1. The standard InChI is InChI=1S/C23H36FN3O2/c1-17(2)25-11-9-21(10-12-25)26-13-22(14-27(18(3)4)23(28)15-26)29-16-19-5-7-20(24)8-6-19/h5-8,17-18,21-22H,9-16H2,1-4H3/t22-/m0/s1. The van der Waals surface area contributed by atoms with Gasteiger partial charge in [-0.25, -0.2) is 4.39 Å². The van der Waals surface area contributed by atoms with Crippen LogP contribution >= 0.6 is 0 Å². The molecule has 0 N–H and O–H groups in total. The molecule has 5 nitrogen and oxygen atoms in total. The van der Waals surface area contributed by atoms with Crippen molar-refractivity contribution in [1.29, 1.82) is 0 Å². The maximum absolute atomic E-state index is 13.2. The predicted molar refractivity (Wildman–Crippen MR) is 113 cm³/mol. The van der Waals surface area contributed by atoms with Crippen LogP contribution in [0.15, 0.2) is 24.3 Å². The number of rotatable bonds is 6. The van der Waals surface area contributed by atoms with Crippen LogP contribution in [-0.2, 0) is 16.1 Å². The first-order valence-corrected chi connectivity index (χ1v) is 11.0. The molecule has 1 atom stereocenters. The van der Waals surface area contributed by atoms with Gasteiger partial charge in [0.05, 0.1) is 19.3 Å². The van der Waals surface area contributed by atoms with Crippen LogP contribution in [0.3, 0.4) is 0 Å². The first-order valence-electron chi connectivity index (χ1n) is 11.0. The monoisotopic (exact) mass is 405 g/mol. The minimum absolute atomic E-state index is 0.0444. The molecule has 1 amide bonds. The molecule has 2 saturated heterocycles. The van der Waals surface area contributed by atoms with E-state index in [1.165, 1.54) is 12.1 Å². The van der Waals surface area contributed by atoms with Crippen molar-refractivity contribution in [3.8, 4) is 0 Å². The van der Waals surface area contributed by atoms with Gasteiger partial charge < -0.3 is 14.5 Å². The van der Waals surface area contributed by atoms with Gasteiger partial charge in [-0.1, -0.05) is 12.1 Å². The topological polar surface area (TPSA) is 36.0 Å². The predicted octanol–water partition coefficient (Wildman–Crippen LogP) is 3.14. The third-order valence-electron chi connectivity index (χ3n) is 6.27. The summed E-state index contributed by atoms with van der Waals surface area (Å²) in [5, 5.41) is 0. The first kappa shape index (κ1) is 22.2. The molecular formula is C23H36FN3O2. The molecule has 0 aliphatic carbocycles. The molecule has 0 bridgehead atoms. The Labute approximate surface area is 174 Å². The summed E-state index contributed by atoms with van der Waals surface area (Å²) in [5.41, 5.74) is 0.954. The quantitative estimate of drug-likeness (QED) is 0.729. The van der Waals surface area contributed by atoms with E-state index in [1.807, 2.05) is 4.90 Å². The van der Waals surface area contributed by atoms with Crippen molar-refractivity contribution >= 4 is 5.91 Å². The molecule has 0 spiro atoms. The summed E-state index contributed by atoms with van der Waals surface area (Å²) in [4.78, 5) is 19.7. The summed E-state index contributed by atoms with van der Waals surface area (Å²) >= 11 is 0. The van der Waals surface area contributed by atoms with Crippen LogP contribution in [-0.4, -0.2) is 77.6 Å².